The van der Waals surface area contributed by atoms with Crippen molar-refractivity contribution in [2.45, 2.75) is 18.6 Å². The van der Waals surface area contributed by atoms with Crippen LogP contribution >= 0.6 is 0 Å². The van der Waals surface area contributed by atoms with E-state index in [0.29, 0.717) is 0 Å². The molecule has 0 fully saturated rings. The summed E-state index contributed by atoms with van der Waals surface area (Å²) in [4.78, 5) is 0. The molecule has 0 unspecified atom stereocenters. The molecule has 0 radical (unpaired) electrons. The van der Waals surface area contributed by atoms with Crippen molar-refractivity contribution < 1.29 is 23.0 Å². The number of halogens is 3. The summed E-state index contributed by atoms with van der Waals surface area (Å²) >= 11 is 0. The van der Waals surface area contributed by atoms with Crippen LogP contribution in [0.4, 0.5) is 13.2 Å². The lowest BCUT2D eigenvalue weighted by Gasteiger charge is -2.18. The maximum atomic E-state index is 12.2. The zero-order valence-electron chi connectivity index (χ0n) is 8.58. The SMILES string of the molecule is COc1cccc(O)c1[C@@H](N)CC(F)(F)F. The molecule has 0 aliphatic carbocycles. The first-order valence-electron chi connectivity index (χ1n) is 4.53. The first kappa shape index (κ1) is 12.6. The van der Waals surface area contributed by atoms with Crippen LogP contribution in [0.1, 0.15) is 18.0 Å². The topological polar surface area (TPSA) is 55.5 Å². The smallest absolute Gasteiger partial charge is 0.390 e. The minimum absolute atomic E-state index is 0.0256. The first-order chi connectivity index (χ1) is 7.35. The van der Waals surface area contributed by atoms with Crippen LogP contribution in [0.2, 0.25) is 0 Å². The number of hydrogen-bond donors (Lipinski definition) is 2. The van der Waals surface area contributed by atoms with Gasteiger partial charge in [-0.25, -0.2) is 0 Å². The van der Waals surface area contributed by atoms with Crippen molar-refractivity contribution in [3.63, 3.8) is 0 Å². The predicted molar refractivity (Wildman–Crippen MR) is 52.3 cm³/mol. The van der Waals surface area contributed by atoms with Gasteiger partial charge in [-0.2, -0.15) is 13.2 Å². The number of aromatic hydroxyl groups is 1. The second kappa shape index (κ2) is 4.61. The lowest BCUT2D eigenvalue weighted by molar-refractivity contribution is -0.138. The molecule has 1 atom stereocenters. The van der Waals surface area contributed by atoms with Gasteiger partial charge in [-0.3, -0.25) is 0 Å². The maximum Gasteiger partial charge on any atom is 0.390 e. The van der Waals surface area contributed by atoms with Crippen LogP contribution in [-0.4, -0.2) is 18.4 Å². The van der Waals surface area contributed by atoms with Gasteiger partial charge in [-0.15, -0.1) is 0 Å². The number of benzene rings is 1. The van der Waals surface area contributed by atoms with Crippen LogP contribution in [0.3, 0.4) is 0 Å². The molecule has 1 aromatic carbocycles. The van der Waals surface area contributed by atoms with E-state index in [4.69, 9.17) is 10.5 Å². The molecular formula is C10H12F3NO2. The Kier molecular flexibility index (Phi) is 3.64. The molecule has 0 amide bonds. The van der Waals surface area contributed by atoms with Gasteiger partial charge in [0.15, 0.2) is 0 Å². The molecule has 0 bridgehead atoms. The number of methoxy groups -OCH3 is 1. The fourth-order valence-electron chi connectivity index (χ4n) is 1.43. The van der Waals surface area contributed by atoms with Crippen molar-refractivity contribution in [3.8, 4) is 11.5 Å². The van der Waals surface area contributed by atoms with Crippen molar-refractivity contribution in [1.82, 2.24) is 0 Å². The Morgan fingerprint density at radius 2 is 2.06 bits per heavy atom. The monoisotopic (exact) mass is 235 g/mol. The fraction of sp³-hybridized carbons (Fsp3) is 0.400. The summed E-state index contributed by atoms with van der Waals surface area (Å²) in [6.45, 7) is 0. The van der Waals surface area contributed by atoms with Gasteiger partial charge in [-0.1, -0.05) is 6.07 Å². The average molecular weight is 235 g/mol. The molecule has 16 heavy (non-hydrogen) atoms. The van der Waals surface area contributed by atoms with E-state index in [0.717, 1.165) is 0 Å². The minimum atomic E-state index is -4.38. The van der Waals surface area contributed by atoms with Gasteiger partial charge in [0, 0.05) is 6.04 Å². The average Bonchev–Trinajstić information content (AvgIpc) is 2.14. The Morgan fingerprint density at radius 3 is 2.56 bits per heavy atom. The van der Waals surface area contributed by atoms with Crippen LogP contribution in [0, 0.1) is 0 Å². The molecule has 0 heterocycles. The third-order valence-corrected chi connectivity index (χ3v) is 2.09. The highest BCUT2D eigenvalue weighted by Gasteiger charge is 2.33. The fourth-order valence-corrected chi connectivity index (χ4v) is 1.43. The number of phenolic OH excluding ortho intramolecular Hbond substituents is 1. The van der Waals surface area contributed by atoms with E-state index in [1.54, 1.807) is 0 Å². The summed E-state index contributed by atoms with van der Waals surface area (Å²) in [5.74, 6) is -0.146. The number of phenols is 1. The lowest BCUT2D eigenvalue weighted by atomic mass is 10.0. The Labute approximate surface area is 90.6 Å². The summed E-state index contributed by atoms with van der Waals surface area (Å²) in [5.41, 5.74) is 5.37. The summed E-state index contributed by atoms with van der Waals surface area (Å²) in [6, 6.07) is 2.85. The molecule has 0 saturated heterocycles. The molecule has 3 N–H and O–H groups in total. The third-order valence-electron chi connectivity index (χ3n) is 2.09. The van der Waals surface area contributed by atoms with Crippen LogP contribution in [0.5, 0.6) is 11.5 Å². The van der Waals surface area contributed by atoms with E-state index in [9.17, 15) is 18.3 Å². The number of hydrogen-bond acceptors (Lipinski definition) is 3. The van der Waals surface area contributed by atoms with Gasteiger partial charge in [0.05, 0.1) is 19.1 Å². The second-order valence-electron chi connectivity index (χ2n) is 3.32. The maximum absolute atomic E-state index is 12.2. The minimum Gasteiger partial charge on any atom is -0.507 e. The molecule has 0 spiro atoms. The quantitative estimate of drug-likeness (QED) is 0.845. The summed E-state index contributed by atoms with van der Waals surface area (Å²) in [5, 5.41) is 9.46. The lowest BCUT2D eigenvalue weighted by Crippen LogP contribution is -2.20. The Balaban J connectivity index is 3.02. The van der Waals surface area contributed by atoms with E-state index >= 15 is 0 Å². The van der Waals surface area contributed by atoms with Crippen molar-refractivity contribution in [1.29, 1.82) is 0 Å². The van der Waals surface area contributed by atoms with E-state index in [2.05, 4.69) is 0 Å². The number of alkyl halides is 3. The van der Waals surface area contributed by atoms with Gasteiger partial charge in [0.2, 0.25) is 0 Å². The number of ether oxygens (including phenoxy) is 1. The van der Waals surface area contributed by atoms with E-state index in [1.165, 1.54) is 25.3 Å². The van der Waals surface area contributed by atoms with Crippen molar-refractivity contribution in [2.24, 2.45) is 5.73 Å². The van der Waals surface area contributed by atoms with Crippen LogP contribution < -0.4 is 10.5 Å². The molecule has 0 aliphatic heterocycles. The summed E-state index contributed by atoms with van der Waals surface area (Å²) < 4.78 is 41.3. The summed E-state index contributed by atoms with van der Waals surface area (Å²) in [6.07, 6.45) is -5.59. The van der Waals surface area contributed by atoms with Gasteiger partial charge >= 0.3 is 6.18 Å². The Hall–Kier alpha value is -1.43. The van der Waals surface area contributed by atoms with E-state index in [1.807, 2.05) is 0 Å². The van der Waals surface area contributed by atoms with Gasteiger partial charge in [-0.05, 0) is 12.1 Å². The second-order valence-corrected chi connectivity index (χ2v) is 3.32. The standard InChI is InChI=1S/C10H12F3NO2/c1-16-8-4-2-3-7(15)9(8)6(14)5-10(11,12)13/h2-4,6,15H,5,14H2,1H3/t6-/m0/s1. The highest BCUT2D eigenvalue weighted by Crippen LogP contribution is 2.37. The number of rotatable bonds is 3. The normalized spacial score (nSPS) is 13.6. The summed E-state index contributed by atoms with van der Waals surface area (Å²) in [7, 11) is 1.30. The zero-order chi connectivity index (χ0) is 12.3. The predicted octanol–water partition coefficient (Wildman–Crippen LogP) is 2.35. The zero-order valence-corrected chi connectivity index (χ0v) is 8.58. The van der Waals surface area contributed by atoms with Crippen molar-refractivity contribution in [2.75, 3.05) is 7.11 Å². The Morgan fingerprint density at radius 1 is 1.44 bits per heavy atom. The van der Waals surface area contributed by atoms with Gasteiger partial charge < -0.3 is 15.6 Å². The van der Waals surface area contributed by atoms with Crippen molar-refractivity contribution in [3.05, 3.63) is 23.8 Å². The molecule has 0 aromatic heterocycles. The van der Waals surface area contributed by atoms with Crippen LogP contribution in [0.15, 0.2) is 18.2 Å². The molecule has 1 aromatic rings. The molecule has 1 rings (SSSR count). The van der Waals surface area contributed by atoms with Gasteiger partial charge in [0.25, 0.3) is 0 Å². The molecule has 0 saturated carbocycles. The largest absolute Gasteiger partial charge is 0.507 e. The molecular weight excluding hydrogens is 223 g/mol. The third kappa shape index (κ3) is 3.03. The highest BCUT2D eigenvalue weighted by atomic mass is 19.4. The number of nitrogens with two attached hydrogens (primary N) is 1. The van der Waals surface area contributed by atoms with E-state index in [-0.39, 0.29) is 17.1 Å². The van der Waals surface area contributed by atoms with Gasteiger partial charge in [0.1, 0.15) is 11.5 Å². The first-order valence-corrected chi connectivity index (χ1v) is 4.53. The molecule has 6 heteroatoms. The van der Waals surface area contributed by atoms with Crippen LogP contribution in [0.25, 0.3) is 0 Å². The van der Waals surface area contributed by atoms with Crippen LogP contribution in [-0.2, 0) is 0 Å². The molecule has 3 nitrogen and oxygen atoms in total. The Bertz CT molecular complexity index is 366. The van der Waals surface area contributed by atoms with Crippen molar-refractivity contribution >= 4 is 0 Å². The highest BCUT2D eigenvalue weighted by molar-refractivity contribution is 5.45. The molecule has 90 valence electrons. The molecule has 0 aliphatic rings. The van der Waals surface area contributed by atoms with E-state index < -0.39 is 18.6 Å².